The van der Waals surface area contributed by atoms with Crippen LogP contribution in [-0.2, 0) is 59.1 Å². The van der Waals surface area contributed by atoms with Gasteiger partial charge in [-0.05, 0) is 30.7 Å². The van der Waals surface area contributed by atoms with Crippen molar-refractivity contribution in [1.29, 1.82) is 0 Å². The molecule has 8 aromatic heterocycles. The summed E-state index contributed by atoms with van der Waals surface area (Å²) in [6.45, 7) is -7.12. The standard InChI is InChI=1S/C17H22N4O9S.C14H22N4O9.C10H14N4O6.C10H18N3O9P.C10H17N3O9S.C9H13N5O6/c1-31(29,30)9-4-2-8(3-5-9)15(26)19-12-14(20-17(28)21-16(12)27)18-6-10(23)13(25)11(24)7-22;19-5-7(21)11(25)6(20)4-15-12-10(13(26)18-14(27)17-12)16-8(22)2-1-3-9(23)24;15-2-5(17)7(18)4(16)1-14-3-11-6-8(14)12-10(20)13-9(6)19;2*14-2-6(16)7(17)5(15)1-11-8-4(3-23(20,21)22)9(18)13-10(19)12-8;15-2-4(17)6(18)3(16)1-14-7-5(12-13-14)8(19)11-9(20)10-7/h2-5,10-11,13,22-25H,6-7H2,1H3,(H,19,26)(H3,18,20,21,27,28);6-7,11,19-21,25H,1-5H2,(H,16,22)(H,23,24)(H3,15,17,18,26,27);3-5,7,15-18H,1-2H2,(H2,12,13,19,20);5-7,14-17H,1-3H2,(H2,20,21,22)(H3,11,12,13,18,19);5-7,14-17H,1-3H2,(H,20,21,22)(H3,11,12,13,18,19);3-4,6,15-18H,1-2H2,(H2,10,11,19,20)/t10-,11+,13-;6-,7+,11-;4-,5+,7-;2*5-,6+,7-;3-,4+,6-/m000000/s1. The van der Waals surface area contributed by atoms with E-state index in [4.69, 9.17) is 50.1 Å². The highest BCUT2D eigenvalue weighted by atomic mass is 32.2. The normalized spacial score (nSPS) is 15.4. The van der Waals surface area contributed by atoms with Gasteiger partial charge in [0.05, 0.1) is 106 Å². The number of nitrogens with zero attached hydrogens (tertiary/aromatic N) is 5. The topological polar surface area (TPSA) is 1220 Å². The minimum absolute atomic E-state index is 0.00842. The Morgan fingerprint density at radius 1 is 0.403 bits per heavy atom. The van der Waals surface area contributed by atoms with E-state index in [1.165, 1.54) is 35.2 Å². The highest BCUT2D eigenvalue weighted by Crippen LogP contribution is 2.39. The number of carboxylic acids is 1. The van der Waals surface area contributed by atoms with Crippen LogP contribution in [0.4, 0.5) is 34.6 Å². The minimum Gasteiger partial charge on any atom is -0.481 e. The van der Waals surface area contributed by atoms with Gasteiger partial charge in [-0.25, -0.2) is 46.9 Å². The van der Waals surface area contributed by atoms with Gasteiger partial charge in [-0.2, -0.15) is 8.42 Å². The summed E-state index contributed by atoms with van der Waals surface area (Å²) >= 11 is 0. The molecule has 0 spiro atoms. The number of aromatic nitrogens is 17. The van der Waals surface area contributed by atoms with Crippen LogP contribution in [0.2, 0.25) is 0 Å². The fourth-order valence-corrected chi connectivity index (χ4v) is 13.3. The van der Waals surface area contributed by atoms with E-state index in [0.717, 1.165) is 10.9 Å². The monoisotopic (exact) mass is 2130 g/mol. The quantitative estimate of drug-likeness (QED) is 0.0124. The summed E-state index contributed by atoms with van der Waals surface area (Å²) in [5.74, 6) is -4.93. The van der Waals surface area contributed by atoms with Gasteiger partial charge in [-0.15, -0.1) is 5.10 Å². The number of rotatable bonds is 46. The number of anilines is 6. The second-order valence-electron chi connectivity index (χ2n) is 30.2. The molecule has 0 saturated carbocycles. The Labute approximate surface area is 796 Å². The molecule has 9 aromatic rings. The largest absolute Gasteiger partial charge is 0.481 e. The number of carboxylic acid groups (broad SMARTS) is 1. The fourth-order valence-electron chi connectivity index (χ4n) is 11.3. The summed E-state index contributed by atoms with van der Waals surface area (Å²) < 4.78 is 66.9. The third-order valence-corrected chi connectivity index (χ3v) is 21.5. The Balaban J connectivity index is 0.000000362. The van der Waals surface area contributed by atoms with Crippen LogP contribution in [0.15, 0.2) is 93.0 Å². The average Bonchev–Trinajstić information content (AvgIpc) is 1.65. The van der Waals surface area contributed by atoms with Gasteiger partial charge in [0.25, 0.3) is 49.4 Å². The van der Waals surface area contributed by atoms with E-state index in [2.05, 4.69) is 77.1 Å². The highest BCUT2D eigenvalue weighted by Gasteiger charge is 2.33. The number of aliphatic hydroxyl groups is 24. The van der Waals surface area contributed by atoms with Crippen LogP contribution in [0.5, 0.6) is 0 Å². The zero-order valence-electron chi connectivity index (χ0n) is 74.0. The van der Waals surface area contributed by atoms with Crippen LogP contribution in [-0.4, -0.2) is 443 Å². The summed E-state index contributed by atoms with van der Waals surface area (Å²) in [6.07, 6.45) is -28.0. The van der Waals surface area contributed by atoms with Crippen LogP contribution >= 0.6 is 7.60 Å². The molecule has 9 rings (SSSR count). The average molecular weight is 2130 g/mol. The molecule has 0 aliphatic rings. The number of amides is 2. The number of aliphatic hydroxyl groups excluding tert-OH is 24. The molecule has 0 saturated heterocycles. The zero-order valence-corrected chi connectivity index (χ0v) is 76.5. The van der Waals surface area contributed by atoms with Gasteiger partial charge < -0.3 is 174 Å². The van der Waals surface area contributed by atoms with Crippen LogP contribution in [0.25, 0.3) is 22.3 Å². The number of aromatic amines is 12. The van der Waals surface area contributed by atoms with E-state index >= 15 is 0 Å². The first-order chi connectivity index (χ1) is 67.0. The summed E-state index contributed by atoms with van der Waals surface area (Å²) in [5.41, 5.74) is -12.5. The highest BCUT2D eigenvalue weighted by molar-refractivity contribution is 7.90. The number of nitrogens with one attached hydrogen (secondary N) is 18. The summed E-state index contributed by atoms with van der Waals surface area (Å²) in [6, 6.07) is 4.89. The molecule has 71 nitrogen and oxygen atoms in total. The number of imidazole rings is 1. The maximum Gasteiger partial charge on any atom is 0.330 e. The second kappa shape index (κ2) is 56.8. The summed E-state index contributed by atoms with van der Waals surface area (Å²) in [5, 5.41) is 253. The lowest BCUT2D eigenvalue weighted by atomic mass is 10.1. The SMILES string of the molecule is CS(=O)(=O)c1ccc(C(=O)Nc2c(NC[C@H](O)[C@H](O)[C@H](O)CO)[nH]c(=O)[nH]c2=O)cc1.O=C(O)CCCC(=O)Nc1c(NC[C@H](O)[C@H](O)[C@H](O)CO)[nH]c(=O)[nH]c1=O.O=c1[nH]c(=O)c2ncn(C[C@H](O)[C@H](O)[C@H](O)CO)c2[nH]1.O=c1[nH]c(=O)c2nnn(C[C@H](O)[C@H](O)[C@H](O)CO)c2[nH]1.O=c1[nH]c(NC[C@H](O)[C@H](O)[C@H](O)CO)c(CP(=O)(O)O)c(=O)[nH]1.O=c1[nH]c(NC[C@H](O)[C@H](O)[C@H](O)CO)c(CS(=O)(=O)O)c(=O)[nH]1. The third-order valence-electron chi connectivity index (χ3n) is 19.0. The maximum atomic E-state index is 12.5. The number of hydrogen-bond donors (Lipinski definition) is 46. The van der Waals surface area contributed by atoms with Gasteiger partial charge in [0.1, 0.15) is 132 Å². The molecule has 0 fully saturated rings. The Hall–Kier alpha value is -13.2. The van der Waals surface area contributed by atoms with Crippen molar-refractivity contribution in [3.63, 3.8) is 0 Å². The lowest BCUT2D eigenvalue weighted by Gasteiger charge is -2.22. The number of aliphatic carboxylic acids is 1. The van der Waals surface area contributed by atoms with Crippen molar-refractivity contribution in [2.24, 2.45) is 0 Å². The van der Waals surface area contributed by atoms with Gasteiger partial charge in [-0.1, -0.05) is 5.21 Å². The minimum atomic E-state index is -4.61. The maximum absolute atomic E-state index is 12.5. The van der Waals surface area contributed by atoms with Crippen LogP contribution in [0, 0.1) is 0 Å². The fraction of sp³-hybridized carbons (Fsp3) is 0.514. The molecule has 0 unspecified atom stereocenters. The molecule has 0 radical (unpaired) electrons. The molecule has 18 atom stereocenters. The Kier molecular flexibility index (Phi) is 48.5. The van der Waals surface area contributed by atoms with Crippen molar-refractivity contribution in [3.05, 3.63) is 172 Å². The van der Waals surface area contributed by atoms with E-state index in [9.17, 15) is 185 Å². The van der Waals surface area contributed by atoms with Crippen molar-refractivity contribution < 1.29 is 178 Å². The number of benzene rings is 1. The molecular formula is C70H106N23O48PS2. The molecule has 74 heteroatoms. The lowest BCUT2D eigenvalue weighted by Crippen LogP contribution is -2.43. The van der Waals surface area contributed by atoms with Crippen molar-refractivity contribution in [3.8, 4) is 0 Å². The van der Waals surface area contributed by atoms with Gasteiger partial charge in [0.15, 0.2) is 26.5 Å². The Morgan fingerprint density at radius 2 is 0.736 bits per heavy atom. The van der Waals surface area contributed by atoms with E-state index in [1.807, 2.05) is 19.9 Å². The smallest absolute Gasteiger partial charge is 0.330 e. The van der Waals surface area contributed by atoms with Crippen LogP contribution in [0.3, 0.4) is 0 Å². The number of carbonyl (C=O) groups excluding carboxylic acids is 2. The van der Waals surface area contributed by atoms with Crippen LogP contribution in [0.1, 0.15) is 40.7 Å². The molecule has 0 aliphatic heterocycles. The van der Waals surface area contributed by atoms with Gasteiger partial charge >= 0.3 is 47.7 Å². The number of carbonyl (C=O) groups is 3. The van der Waals surface area contributed by atoms with Crippen molar-refractivity contribution in [1.82, 2.24) is 84.4 Å². The molecule has 1 aromatic carbocycles. The molecule has 46 N–H and O–H groups in total. The van der Waals surface area contributed by atoms with Gasteiger partial charge in [-0.3, -0.25) is 112 Å². The molecule has 8 heterocycles. The van der Waals surface area contributed by atoms with E-state index < -0.39 is 317 Å². The van der Waals surface area contributed by atoms with Crippen molar-refractivity contribution in [2.45, 2.75) is 159 Å². The molecule has 144 heavy (non-hydrogen) atoms. The van der Waals surface area contributed by atoms with E-state index in [0.29, 0.717) is 0 Å². The number of hydrogen-bond acceptors (Lipinski definition) is 51. The third kappa shape index (κ3) is 38.8. The van der Waals surface area contributed by atoms with Gasteiger partial charge in [0, 0.05) is 50.8 Å². The molecular weight excluding hydrogens is 2030 g/mol. The van der Waals surface area contributed by atoms with Gasteiger partial charge in [0.2, 0.25) is 5.91 Å². The predicted molar refractivity (Wildman–Crippen MR) is 484 cm³/mol. The van der Waals surface area contributed by atoms with E-state index in [-0.39, 0.29) is 94.1 Å². The van der Waals surface area contributed by atoms with Crippen LogP contribution < -0.4 is 99.4 Å². The lowest BCUT2D eigenvalue weighted by molar-refractivity contribution is -0.137. The Bertz CT molecular complexity index is 6670. The Morgan fingerprint density at radius 3 is 1.12 bits per heavy atom. The number of fused-ring (bicyclic) bond motifs is 2. The zero-order chi connectivity index (χ0) is 109. The summed E-state index contributed by atoms with van der Waals surface area (Å²) in [4.78, 5) is 219. The molecule has 806 valence electrons. The first kappa shape index (κ1) is 123. The molecule has 0 bridgehead atoms. The first-order valence-electron chi connectivity index (χ1n) is 40.7. The molecule has 0 aliphatic carbocycles. The predicted octanol–water partition coefficient (Wildman–Crippen LogP) is -21.5. The first-order valence-corrected chi connectivity index (χ1v) is 46.0. The number of sulfone groups is 1. The molecule has 2 amide bonds. The van der Waals surface area contributed by atoms with Crippen molar-refractivity contribution >= 4 is 102 Å². The number of H-pyrrole nitrogens is 12. The van der Waals surface area contributed by atoms with Crippen molar-refractivity contribution in [2.75, 3.05) is 104 Å². The second-order valence-corrected chi connectivity index (χ2v) is 35.3. The summed E-state index contributed by atoms with van der Waals surface area (Å²) in [7, 11) is -12.7. The van der Waals surface area contributed by atoms with E-state index in [1.54, 1.807) is 9.97 Å².